The van der Waals surface area contributed by atoms with Crippen molar-refractivity contribution in [3.63, 3.8) is 0 Å². The molecule has 21 heavy (non-hydrogen) atoms. The van der Waals surface area contributed by atoms with E-state index in [-0.39, 0.29) is 12.1 Å². The normalized spacial score (nSPS) is 14.7. The van der Waals surface area contributed by atoms with E-state index >= 15 is 0 Å². The molecule has 1 N–H and O–H groups in total. The van der Waals surface area contributed by atoms with Crippen LogP contribution in [-0.4, -0.2) is 0 Å². The first kappa shape index (κ1) is 15.6. The summed E-state index contributed by atoms with van der Waals surface area (Å²) >= 11 is 0. The van der Waals surface area contributed by atoms with Gasteiger partial charge in [0.15, 0.2) is 0 Å². The van der Waals surface area contributed by atoms with E-state index in [0.29, 0.717) is 5.56 Å². The molecule has 0 aliphatic carbocycles. The molecule has 0 aliphatic rings. The molecule has 0 aliphatic heterocycles. The van der Waals surface area contributed by atoms with E-state index in [4.69, 9.17) is 0 Å². The number of halogens is 3. The maximum absolute atomic E-state index is 12.7. The van der Waals surface area contributed by atoms with E-state index < -0.39 is 11.7 Å². The molecule has 0 saturated heterocycles. The zero-order chi connectivity index (χ0) is 15.5. The van der Waals surface area contributed by atoms with Gasteiger partial charge in [0.1, 0.15) is 0 Å². The lowest BCUT2D eigenvalue weighted by atomic mass is 10.0. The molecule has 0 fully saturated rings. The van der Waals surface area contributed by atoms with E-state index in [0.717, 1.165) is 11.6 Å². The minimum Gasteiger partial charge on any atom is -0.304 e. The van der Waals surface area contributed by atoms with Crippen LogP contribution in [-0.2, 0) is 6.18 Å². The summed E-state index contributed by atoms with van der Waals surface area (Å²) in [5, 5.41) is 3.32. The minimum absolute atomic E-state index is 0.0655. The lowest BCUT2D eigenvalue weighted by molar-refractivity contribution is -0.137. The van der Waals surface area contributed by atoms with Crippen LogP contribution in [0, 0.1) is 0 Å². The quantitative estimate of drug-likeness (QED) is 0.825. The van der Waals surface area contributed by atoms with Gasteiger partial charge in [-0.25, -0.2) is 0 Å². The number of rotatable bonds is 4. The highest BCUT2D eigenvalue weighted by molar-refractivity contribution is 5.28. The van der Waals surface area contributed by atoms with Gasteiger partial charge in [-0.3, -0.25) is 0 Å². The van der Waals surface area contributed by atoms with Crippen molar-refractivity contribution in [1.82, 2.24) is 5.32 Å². The van der Waals surface area contributed by atoms with E-state index in [1.807, 2.05) is 44.2 Å². The second kappa shape index (κ2) is 6.31. The van der Waals surface area contributed by atoms with Crippen molar-refractivity contribution >= 4 is 0 Å². The van der Waals surface area contributed by atoms with Crippen LogP contribution in [0.3, 0.4) is 0 Å². The first-order chi connectivity index (χ1) is 9.88. The lowest BCUT2D eigenvalue weighted by Crippen LogP contribution is -2.22. The number of benzene rings is 2. The predicted molar refractivity (Wildman–Crippen MR) is 77.9 cm³/mol. The van der Waals surface area contributed by atoms with Gasteiger partial charge in [0, 0.05) is 12.1 Å². The van der Waals surface area contributed by atoms with E-state index in [2.05, 4.69) is 5.32 Å². The van der Waals surface area contributed by atoms with E-state index in [9.17, 15) is 13.2 Å². The third-order valence-electron chi connectivity index (χ3n) is 3.51. The molecule has 4 heteroatoms. The first-order valence-corrected chi connectivity index (χ1v) is 6.86. The average Bonchev–Trinajstić information content (AvgIpc) is 2.47. The molecule has 0 unspecified atom stereocenters. The predicted octanol–water partition coefficient (Wildman–Crippen LogP) is 5.12. The topological polar surface area (TPSA) is 12.0 Å². The van der Waals surface area contributed by atoms with Crippen LogP contribution < -0.4 is 5.32 Å². The van der Waals surface area contributed by atoms with Crippen molar-refractivity contribution < 1.29 is 13.2 Å². The van der Waals surface area contributed by atoms with E-state index in [1.54, 1.807) is 6.07 Å². The van der Waals surface area contributed by atoms with Crippen LogP contribution >= 0.6 is 0 Å². The average molecular weight is 293 g/mol. The Morgan fingerprint density at radius 3 is 2.00 bits per heavy atom. The van der Waals surface area contributed by atoms with Crippen LogP contribution in [0.4, 0.5) is 13.2 Å². The van der Waals surface area contributed by atoms with Crippen LogP contribution in [0.1, 0.15) is 42.6 Å². The fourth-order valence-corrected chi connectivity index (χ4v) is 2.29. The van der Waals surface area contributed by atoms with Gasteiger partial charge in [-0.15, -0.1) is 0 Å². The molecule has 2 aromatic carbocycles. The zero-order valence-electron chi connectivity index (χ0n) is 12.0. The molecule has 2 atom stereocenters. The Morgan fingerprint density at radius 1 is 0.810 bits per heavy atom. The maximum atomic E-state index is 12.7. The highest BCUT2D eigenvalue weighted by Crippen LogP contribution is 2.31. The van der Waals surface area contributed by atoms with Crippen molar-refractivity contribution in [3.8, 4) is 0 Å². The number of hydrogen-bond donors (Lipinski definition) is 1. The van der Waals surface area contributed by atoms with Crippen LogP contribution in [0.15, 0.2) is 54.6 Å². The summed E-state index contributed by atoms with van der Waals surface area (Å²) in [5.74, 6) is 0. The summed E-state index contributed by atoms with van der Waals surface area (Å²) in [6.45, 7) is 3.87. The number of hydrogen-bond acceptors (Lipinski definition) is 1. The molecular formula is C17H18F3N. The molecule has 112 valence electrons. The van der Waals surface area contributed by atoms with Crippen LogP contribution in [0.2, 0.25) is 0 Å². The van der Waals surface area contributed by atoms with Crippen molar-refractivity contribution in [2.45, 2.75) is 32.1 Å². The van der Waals surface area contributed by atoms with Gasteiger partial charge in [-0.1, -0.05) is 42.5 Å². The fraction of sp³-hybridized carbons (Fsp3) is 0.294. The smallest absolute Gasteiger partial charge is 0.304 e. The Bertz CT molecular complexity index is 578. The van der Waals surface area contributed by atoms with Gasteiger partial charge in [0.2, 0.25) is 0 Å². The van der Waals surface area contributed by atoms with Crippen LogP contribution in [0.5, 0.6) is 0 Å². The van der Waals surface area contributed by atoms with Crippen molar-refractivity contribution in [3.05, 3.63) is 71.3 Å². The van der Waals surface area contributed by atoms with Gasteiger partial charge >= 0.3 is 6.18 Å². The standard InChI is InChI=1S/C17H18F3N/c1-12(14-7-4-3-5-8-14)21-13(2)15-9-6-10-16(11-15)17(18,19)20/h3-13,21H,1-2H3/t12-,13+/m1/s1. The van der Waals surface area contributed by atoms with Crippen molar-refractivity contribution in [2.24, 2.45) is 0 Å². The molecule has 0 bridgehead atoms. The Kier molecular flexibility index (Phi) is 4.68. The summed E-state index contributed by atoms with van der Waals surface area (Å²) < 4.78 is 38.2. The maximum Gasteiger partial charge on any atom is 0.416 e. The van der Waals surface area contributed by atoms with Crippen molar-refractivity contribution in [2.75, 3.05) is 0 Å². The second-order valence-electron chi connectivity index (χ2n) is 5.14. The third-order valence-corrected chi connectivity index (χ3v) is 3.51. The summed E-state index contributed by atoms with van der Waals surface area (Å²) in [5.41, 5.74) is 1.13. The van der Waals surface area contributed by atoms with Gasteiger partial charge in [0.25, 0.3) is 0 Å². The highest BCUT2D eigenvalue weighted by atomic mass is 19.4. The fourth-order valence-electron chi connectivity index (χ4n) is 2.29. The first-order valence-electron chi connectivity index (χ1n) is 6.86. The second-order valence-corrected chi connectivity index (χ2v) is 5.14. The summed E-state index contributed by atoms with van der Waals surface area (Å²) in [6.07, 6.45) is -4.30. The van der Waals surface area contributed by atoms with Gasteiger partial charge in [-0.05, 0) is 37.1 Å². The Morgan fingerprint density at radius 2 is 1.38 bits per heavy atom. The zero-order valence-corrected chi connectivity index (χ0v) is 12.0. The summed E-state index contributed by atoms with van der Waals surface area (Å²) in [4.78, 5) is 0. The molecule has 2 rings (SSSR count). The molecule has 0 radical (unpaired) electrons. The molecule has 0 aromatic heterocycles. The highest BCUT2D eigenvalue weighted by Gasteiger charge is 2.30. The molecule has 0 spiro atoms. The molecule has 0 saturated carbocycles. The molecule has 1 nitrogen and oxygen atoms in total. The van der Waals surface area contributed by atoms with Crippen LogP contribution in [0.25, 0.3) is 0 Å². The summed E-state index contributed by atoms with van der Waals surface area (Å²) in [6, 6.07) is 15.2. The van der Waals surface area contributed by atoms with Gasteiger partial charge in [-0.2, -0.15) is 13.2 Å². The minimum atomic E-state index is -4.30. The molecule has 0 amide bonds. The number of nitrogens with one attached hydrogen (secondary N) is 1. The Balaban J connectivity index is 2.12. The lowest BCUT2D eigenvalue weighted by Gasteiger charge is -2.21. The Hall–Kier alpha value is -1.81. The number of alkyl halides is 3. The Labute approximate surface area is 122 Å². The molecule has 2 aromatic rings. The van der Waals surface area contributed by atoms with Gasteiger partial charge in [0.05, 0.1) is 5.56 Å². The largest absolute Gasteiger partial charge is 0.416 e. The monoisotopic (exact) mass is 293 g/mol. The third kappa shape index (κ3) is 4.08. The SMILES string of the molecule is C[C@H](N[C@H](C)c1ccccc1)c1cccc(C(F)(F)F)c1. The van der Waals surface area contributed by atoms with Crippen molar-refractivity contribution in [1.29, 1.82) is 0 Å². The van der Waals surface area contributed by atoms with E-state index in [1.165, 1.54) is 12.1 Å². The molecular weight excluding hydrogens is 275 g/mol. The molecule has 0 heterocycles. The summed E-state index contributed by atoms with van der Waals surface area (Å²) in [7, 11) is 0. The van der Waals surface area contributed by atoms with Gasteiger partial charge < -0.3 is 5.32 Å².